The van der Waals surface area contributed by atoms with Crippen LogP contribution in [-0.2, 0) is 16.4 Å². The van der Waals surface area contributed by atoms with Crippen LogP contribution in [0.1, 0.15) is 18.4 Å². The van der Waals surface area contributed by atoms with Gasteiger partial charge in [0, 0.05) is 36.9 Å². The molecule has 0 saturated carbocycles. The monoisotopic (exact) mass is 416 g/mol. The van der Waals surface area contributed by atoms with Crippen LogP contribution < -0.4 is 5.32 Å². The summed E-state index contributed by atoms with van der Waals surface area (Å²) in [4.78, 5) is 1.38. The van der Waals surface area contributed by atoms with E-state index in [1.165, 1.54) is 18.2 Å². The predicted octanol–water partition coefficient (Wildman–Crippen LogP) is 4.20. The lowest BCUT2D eigenvalue weighted by molar-refractivity contribution is -0.0436. The zero-order valence-electron chi connectivity index (χ0n) is 14.9. The molecule has 2 aromatic carbocycles. The summed E-state index contributed by atoms with van der Waals surface area (Å²) in [5, 5.41) is 3.22. The molecule has 0 atom stereocenters. The van der Waals surface area contributed by atoms with Crippen molar-refractivity contribution in [3.8, 4) is 0 Å². The normalized spacial score (nSPS) is 16.9. The number of nitrogens with zero attached hydrogens (tertiary/aromatic N) is 1. The van der Waals surface area contributed by atoms with Crippen molar-refractivity contribution in [2.45, 2.75) is 35.8 Å². The van der Waals surface area contributed by atoms with Gasteiger partial charge in [0.15, 0.2) is 0 Å². The fraction of sp³-hybridized carbons (Fsp3) is 0.368. The van der Waals surface area contributed by atoms with Crippen molar-refractivity contribution in [3.05, 3.63) is 59.9 Å². The molecule has 152 valence electrons. The number of nitrogens with one attached hydrogen (secondary N) is 1. The minimum absolute atomic E-state index is 0.113. The van der Waals surface area contributed by atoms with E-state index in [2.05, 4.69) is 10.2 Å². The fourth-order valence-corrected chi connectivity index (χ4v) is 3.96. The highest BCUT2D eigenvalue weighted by Crippen LogP contribution is 2.31. The molecule has 0 unspecified atom stereocenters. The van der Waals surface area contributed by atoms with Gasteiger partial charge in [0.2, 0.25) is 0 Å². The van der Waals surface area contributed by atoms with E-state index in [0.29, 0.717) is 17.8 Å². The molecule has 9 heteroatoms. The number of sulfone groups is 1. The first-order valence-corrected chi connectivity index (χ1v) is 10.3. The molecule has 0 spiro atoms. The van der Waals surface area contributed by atoms with Crippen LogP contribution in [0.3, 0.4) is 0 Å². The van der Waals surface area contributed by atoms with Gasteiger partial charge in [-0.2, -0.15) is 13.2 Å². The number of rotatable bonds is 5. The zero-order chi connectivity index (χ0) is 20.4. The van der Waals surface area contributed by atoms with Crippen LogP contribution in [0.25, 0.3) is 0 Å². The third kappa shape index (κ3) is 4.64. The second-order valence-electron chi connectivity index (χ2n) is 6.76. The van der Waals surface area contributed by atoms with E-state index in [-0.39, 0.29) is 11.9 Å². The molecule has 3 rings (SSSR count). The third-order valence-corrected chi connectivity index (χ3v) is 6.28. The Morgan fingerprint density at radius 3 is 2.18 bits per heavy atom. The maximum atomic E-state index is 13.7. The maximum Gasteiger partial charge on any atom is 0.501 e. The quantitative estimate of drug-likeness (QED) is 0.743. The van der Waals surface area contributed by atoms with Gasteiger partial charge in [-0.3, -0.25) is 4.90 Å². The van der Waals surface area contributed by atoms with Crippen LogP contribution in [0, 0.1) is 5.82 Å². The van der Waals surface area contributed by atoms with Crippen LogP contribution in [0.4, 0.5) is 23.2 Å². The fourth-order valence-electron chi connectivity index (χ4n) is 3.20. The molecule has 1 aliphatic rings. The van der Waals surface area contributed by atoms with Crippen molar-refractivity contribution < 1.29 is 26.0 Å². The minimum atomic E-state index is -5.33. The molecule has 28 heavy (non-hydrogen) atoms. The van der Waals surface area contributed by atoms with Crippen LogP contribution >= 0.6 is 0 Å². The summed E-state index contributed by atoms with van der Waals surface area (Å²) in [5.74, 6) is -0.225. The van der Waals surface area contributed by atoms with Gasteiger partial charge in [-0.15, -0.1) is 0 Å². The number of likely N-dealkylation sites (tertiary alicyclic amines) is 1. The summed E-state index contributed by atoms with van der Waals surface area (Å²) in [6.45, 7) is 2.04. The van der Waals surface area contributed by atoms with Gasteiger partial charge in [0.25, 0.3) is 9.84 Å². The Balaban J connectivity index is 1.54. The lowest BCUT2D eigenvalue weighted by atomic mass is 10.0. The first kappa shape index (κ1) is 20.6. The van der Waals surface area contributed by atoms with Gasteiger partial charge in [-0.1, -0.05) is 18.2 Å². The number of piperidine rings is 1. The Hall–Kier alpha value is -2.13. The second kappa shape index (κ2) is 8.08. The number of anilines is 1. The van der Waals surface area contributed by atoms with E-state index in [9.17, 15) is 26.0 Å². The van der Waals surface area contributed by atoms with Gasteiger partial charge in [0.05, 0.1) is 4.90 Å². The molecule has 1 N–H and O–H groups in total. The van der Waals surface area contributed by atoms with E-state index in [4.69, 9.17) is 0 Å². The maximum absolute atomic E-state index is 13.7. The number of benzene rings is 2. The SMILES string of the molecule is O=S(=O)(c1ccc(NC2CCN(Cc3ccccc3F)CC2)cc1)C(F)(F)F. The molecule has 0 radical (unpaired) electrons. The molecular weight excluding hydrogens is 396 g/mol. The highest BCUT2D eigenvalue weighted by atomic mass is 32.2. The van der Waals surface area contributed by atoms with Crippen molar-refractivity contribution in [1.29, 1.82) is 0 Å². The van der Waals surface area contributed by atoms with Crippen molar-refractivity contribution >= 4 is 15.5 Å². The van der Waals surface area contributed by atoms with Gasteiger partial charge >= 0.3 is 5.51 Å². The average Bonchev–Trinajstić information content (AvgIpc) is 2.65. The molecule has 1 fully saturated rings. The zero-order valence-corrected chi connectivity index (χ0v) is 15.7. The molecule has 1 aliphatic heterocycles. The lowest BCUT2D eigenvalue weighted by Gasteiger charge is -2.33. The molecule has 0 bridgehead atoms. The Morgan fingerprint density at radius 1 is 1.00 bits per heavy atom. The minimum Gasteiger partial charge on any atom is -0.382 e. The van der Waals surface area contributed by atoms with E-state index >= 15 is 0 Å². The van der Waals surface area contributed by atoms with Crippen LogP contribution in [0.2, 0.25) is 0 Å². The lowest BCUT2D eigenvalue weighted by Crippen LogP contribution is -2.38. The Morgan fingerprint density at radius 2 is 1.61 bits per heavy atom. The largest absolute Gasteiger partial charge is 0.501 e. The van der Waals surface area contributed by atoms with Crippen molar-refractivity contribution in [2.75, 3.05) is 18.4 Å². The van der Waals surface area contributed by atoms with Gasteiger partial charge in [-0.05, 0) is 43.2 Å². The Kier molecular flexibility index (Phi) is 5.95. The molecule has 1 saturated heterocycles. The van der Waals surface area contributed by atoms with Crippen LogP contribution in [0.5, 0.6) is 0 Å². The third-order valence-electron chi connectivity index (χ3n) is 4.78. The number of alkyl halides is 3. The molecule has 2 aromatic rings. The van der Waals surface area contributed by atoms with Crippen LogP contribution in [-0.4, -0.2) is 38.0 Å². The van der Waals surface area contributed by atoms with Crippen molar-refractivity contribution in [1.82, 2.24) is 4.90 Å². The van der Waals surface area contributed by atoms with E-state index in [1.807, 2.05) is 0 Å². The first-order valence-electron chi connectivity index (χ1n) is 8.80. The summed E-state index contributed by atoms with van der Waals surface area (Å²) in [6.07, 6.45) is 1.58. The van der Waals surface area contributed by atoms with Gasteiger partial charge in [0.1, 0.15) is 5.82 Å². The number of hydrogen-bond acceptors (Lipinski definition) is 4. The average molecular weight is 416 g/mol. The molecule has 4 nitrogen and oxygen atoms in total. The molecule has 1 heterocycles. The Labute approximate surface area is 161 Å². The van der Waals surface area contributed by atoms with Crippen molar-refractivity contribution in [2.24, 2.45) is 0 Å². The first-order chi connectivity index (χ1) is 13.2. The highest BCUT2D eigenvalue weighted by molar-refractivity contribution is 7.92. The van der Waals surface area contributed by atoms with E-state index < -0.39 is 20.2 Å². The highest BCUT2D eigenvalue weighted by Gasteiger charge is 2.46. The smallest absolute Gasteiger partial charge is 0.382 e. The van der Waals surface area contributed by atoms with Crippen LogP contribution in [0.15, 0.2) is 53.4 Å². The predicted molar refractivity (Wildman–Crippen MR) is 98.0 cm³/mol. The van der Waals surface area contributed by atoms with E-state index in [1.54, 1.807) is 18.2 Å². The summed E-state index contributed by atoms with van der Waals surface area (Å²) in [5.41, 5.74) is -4.10. The van der Waals surface area contributed by atoms with Gasteiger partial charge in [-0.25, -0.2) is 12.8 Å². The summed E-state index contributed by atoms with van der Waals surface area (Å²) in [7, 11) is -5.33. The van der Waals surface area contributed by atoms with Gasteiger partial charge < -0.3 is 5.32 Å². The number of halogens is 4. The summed E-state index contributed by atoms with van der Waals surface area (Å²) < 4.78 is 74.3. The number of hydrogen-bond donors (Lipinski definition) is 1. The standard InChI is InChI=1S/C19H20F4N2O2S/c20-18-4-2-1-3-14(18)13-25-11-9-16(10-12-25)24-15-5-7-17(8-6-15)28(26,27)19(21,22)23/h1-8,16,24H,9-13H2. The topological polar surface area (TPSA) is 49.4 Å². The van der Waals surface area contributed by atoms with E-state index in [0.717, 1.165) is 38.1 Å². The second-order valence-corrected chi connectivity index (χ2v) is 8.70. The molecule has 0 aromatic heterocycles. The summed E-state index contributed by atoms with van der Waals surface area (Å²) in [6, 6.07) is 11.4. The molecule has 0 aliphatic carbocycles. The molecular formula is C19H20F4N2O2S. The summed E-state index contributed by atoms with van der Waals surface area (Å²) >= 11 is 0. The van der Waals surface area contributed by atoms with Crippen molar-refractivity contribution in [3.63, 3.8) is 0 Å². The Bertz CT molecular complexity index is 906. The molecule has 0 amide bonds.